The van der Waals surface area contributed by atoms with E-state index in [0.717, 1.165) is 24.9 Å². The highest BCUT2D eigenvalue weighted by Crippen LogP contribution is 2.39. The van der Waals surface area contributed by atoms with Gasteiger partial charge in [0.1, 0.15) is 0 Å². The molecular formula is C15H25BrN2S. The van der Waals surface area contributed by atoms with Crippen LogP contribution in [0.4, 0.5) is 0 Å². The zero-order chi connectivity index (χ0) is 14.0. The summed E-state index contributed by atoms with van der Waals surface area (Å²) in [5.41, 5.74) is 6.36. The van der Waals surface area contributed by atoms with Gasteiger partial charge in [-0.15, -0.1) is 11.3 Å². The molecule has 4 heteroatoms. The first-order valence-electron chi connectivity index (χ1n) is 7.09. The molecule has 1 fully saturated rings. The van der Waals surface area contributed by atoms with Gasteiger partial charge in [-0.05, 0) is 60.1 Å². The molecule has 0 radical (unpaired) electrons. The summed E-state index contributed by atoms with van der Waals surface area (Å²) in [5.74, 6) is 1.56. The Bertz CT molecular complexity index is 408. The molecule has 1 aromatic heterocycles. The molecule has 0 amide bonds. The molecule has 2 N–H and O–H groups in total. The third-order valence-electron chi connectivity index (χ3n) is 4.47. The fraction of sp³-hybridized carbons (Fsp3) is 0.733. The first kappa shape index (κ1) is 15.5. The van der Waals surface area contributed by atoms with E-state index >= 15 is 0 Å². The van der Waals surface area contributed by atoms with Crippen LogP contribution >= 0.6 is 27.3 Å². The largest absolute Gasteiger partial charge is 0.329 e. The highest BCUT2D eigenvalue weighted by molar-refractivity contribution is 9.10. The molecule has 2 unspecified atom stereocenters. The number of hydrogen-bond donors (Lipinski definition) is 1. The van der Waals surface area contributed by atoms with E-state index in [0.29, 0.717) is 0 Å². The van der Waals surface area contributed by atoms with Gasteiger partial charge < -0.3 is 5.73 Å². The Morgan fingerprint density at radius 3 is 2.53 bits per heavy atom. The highest BCUT2D eigenvalue weighted by Gasteiger charge is 2.39. The van der Waals surface area contributed by atoms with Crippen LogP contribution in [0.3, 0.4) is 0 Å². The zero-order valence-electron chi connectivity index (χ0n) is 12.2. The Hall–Kier alpha value is 0.1000. The number of nitrogens with two attached hydrogens (primary N) is 1. The van der Waals surface area contributed by atoms with Crippen LogP contribution in [-0.2, 0) is 6.54 Å². The second-order valence-electron chi connectivity index (χ2n) is 6.37. The zero-order valence-corrected chi connectivity index (χ0v) is 14.6. The van der Waals surface area contributed by atoms with Gasteiger partial charge in [0.25, 0.3) is 0 Å². The molecule has 2 rings (SSSR count). The summed E-state index contributed by atoms with van der Waals surface area (Å²) in [4.78, 5) is 3.91. The van der Waals surface area contributed by atoms with E-state index < -0.39 is 0 Å². The lowest BCUT2D eigenvalue weighted by Gasteiger charge is -2.48. The van der Waals surface area contributed by atoms with Gasteiger partial charge in [-0.1, -0.05) is 13.8 Å². The van der Waals surface area contributed by atoms with E-state index in [1.54, 1.807) is 0 Å². The maximum absolute atomic E-state index is 6.17. The van der Waals surface area contributed by atoms with Crippen molar-refractivity contribution in [3.8, 4) is 0 Å². The van der Waals surface area contributed by atoms with Crippen molar-refractivity contribution in [1.82, 2.24) is 4.90 Å². The van der Waals surface area contributed by atoms with Crippen molar-refractivity contribution in [2.24, 2.45) is 17.6 Å². The van der Waals surface area contributed by atoms with Crippen molar-refractivity contribution >= 4 is 27.3 Å². The van der Waals surface area contributed by atoms with Crippen LogP contribution in [0.2, 0.25) is 0 Å². The average molecular weight is 345 g/mol. The molecular weight excluding hydrogens is 320 g/mol. The van der Waals surface area contributed by atoms with Gasteiger partial charge in [-0.25, -0.2) is 0 Å². The van der Waals surface area contributed by atoms with Crippen LogP contribution in [0, 0.1) is 11.8 Å². The number of thiophene rings is 1. The summed E-state index contributed by atoms with van der Waals surface area (Å²) in [5, 5.41) is 2.16. The third-order valence-corrected chi connectivity index (χ3v) is 6.15. The molecule has 2 atom stereocenters. The molecule has 1 saturated carbocycles. The molecule has 19 heavy (non-hydrogen) atoms. The van der Waals surface area contributed by atoms with Crippen molar-refractivity contribution in [2.75, 3.05) is 13.6 Å². The maximum atomic E-state index is 6.17. The molecule has 0 spiro atoms. The summed E-state index contributed by atoms with van der Waals surface area (Å²) in [6.45, 7) is 6.52. The van der Waals surface area contributed by atoms with Crippen molar-refractivity contribution in [3.63, 3.8) is 0 Å². The monoisotopic (exact) mass is 344 g/mol. The van der Waals surface area contributed by atoms with Gasteiger partial charge in [0.05, 0.1) is 0 Å². The van der Waals surface area contributed by atoms with Crippen molar-refractivity contribution in [1.29, 1.82) is 0 Å². The Kier molecular flexibility index (Phi) is 5.09. The van der Waals surface area contributed by atoms with E-state index in [1.165, 1.54) is 28.6 Å². The fourth-order valence-electron chi connectivity index (χ4n) is 3.71. The van der Waals surface area contributed by atoms with Crippen molar-refractivity contribution in [2.45, 2.75) is 45.2 Å². The van der Waals surface area contributed by atoms with Gasteiger partial charge in [0, 0.05) is 33.4 Å². The summed E-state index contributed by atoms with van der Waals surface area (Å²) in [6, 6.07) is 2.22. The lowest BCUT2D eigenvalue weighted by atomic mass is 9.71. The van der Waals surface area contributed by atoms with Crippen LogP contribution in [0.5, 0.6) is 0 Å². The van der Waals surface area contributed by atoms with Crippen LogP contribution in [0.15, 0.2) is 15.9 Å². The molecule has 1 aliphatic rings. The first-order valence-corrected chi connectivity index (χ1v) is 8.76. The lowest BCUT2D eigenvalue weighted by molar-refractivity contribution is 0.0340. The Morgan fingerprint density at radius 2 is 2.05 bits per heavy atom. The topological polar surface area (TPSA) is 29.3 Å². The SMILES string of the molecule is CC1CC(C)CC(CN)(N(C)Cc2cc(Br)cs2)C1. The molecule has 1 aliphatic carbocycles. The summed E-state index contributed by atoms with van der Waals surface area (Å²) >= 11 is 5.36. The summed E-state index contributed by atoms with van der Waals surface area (Å²) in [7, 11) is 2.24. The van der Waals surface area contributed by atoms with Crippen molar-refractivity contribution in [3.05, 3.63) is 20.8 Å². The van der Waals surface area contributed by atoms with Gasteiger partial charge >= 0.3 is 0 Å². The highest BCUT2D eigenvalue weighted by atomic mass is 79.9. The lowest BCUT2D eigenvalue weighted by Crippen LogP contribution is -2.55. The number of hydrogen-bond acceptors (Lipinski definition) is 3. The average Bonchev–Trinajstić information content (AvgIpc) is 2.73. The molecule has 0 aromatic carbocycles. The van der Waals surface area contributed by atoms with Gasteiger partial charge in [-0.2, -0.15) is 0 Å². The van der Waals surface area contributed by atoms with E-state index in [1.807, 2.05) is 11.3 Å². The van der Waals surface area contributed by atoms with E-state index in [4.69, 9.17) is 5.73 Å². The van der Waals surface area contributed by atoms with Gasteiger partial charge in [0.2, 0.25) is 0 Å². The molecule has 1 heterocycles. The number of halogens is 1. The molecule has 108 valence electrons. The molecule has 2 nitrogen and oxygen atoms in total. The predicted octanol–water partition coefficient (Wildman–Crippen LogP) is 4.10. The molecule has 0 bridgehead atoms. The quantitative estimate of drug-likeness (QED) is 0.890. The molecule has 1 aromatic rings. The number of nitrogens with zero attached hydrogens (tertiary/aromatic N) is 1. The second-order valence-corrected chi connectivity index (χ2v) is 8.28. The summed E-state index contributed by atoms with van der Waals surface area (Å²) in [6.07, 6.45) is 3.81. The fourth-order valence-corrected chi connectivity index (χ4v) is 5.21. The smallest absolute Gasteiger partial charge is 0.0337 e. The van der Waals surface area contributed by atoms with Crippen LogP contribution < -0.4 is 5.73 Å². The predicted molar refractivity (Wildman–Crippen MR) is 87.5 cm³/mol. The standard InChI is InChI=1S/C15H25BrN2S/c1-11-4-12(2)7-15(6-11,10-17)18(3)8-14-5-13(16)9-19-14/h5,9,11-12H,4,6-8,10,17H2,1-3H3. The third kappa shape index (κ3) is 3.60. The van der Waals surface area contributed by atoms with Crippen molar-refractivity contribution < 1.29 is 0 Å². The van der Waals surface area contributed by atoms with Gasteiger partial charge in [-0.3, -0.25) is 4.90 Å². The molecule has 0 saturated heterocycles. The Balaban J connectivity index is 2.11. The van der Waals surface area contributed by atoms with E-state index in [2.05, 4.69) is 53.2 Å². The molecule has 0 aliphatic heterocycles. The van der Waals surface area contributed by atoms with Crippen LogP contribution in [0.25, 0.3) is 0 Å². The number of likely N-dealkylation sites (N-methyl/N-ethyl adjacent to an activating group) is 1. The Morgan fingerprint density at radius 1 is 1.42 bits per heavy atom. The number of rotatable bonds is 4. The minimum atomic E-state index is 0.188. The normalized spacial score (nSPS) is 31.9. The second kappa shape index (κ2) is 6.25. The van der Waals surface area contributed by atoms with E-state index in [-0.39, 0.29) is 5.54 Å². The first-order chi connectivity index (χ1) is 8.95. The van der Waals surface area contributed by atoms with Gasteiger partial charge in [0.15, 0.2) is 0 Å². The van der Waals surface area contributed by atoms with Crippen LogP contribution in [0.1, 0.15) is 38.0 Å². The minimum Gasteiger partial charge on any atom is -0.329 e. The summed E-state index contributed by atoms with van der Waals surface area (Å²) < 4.78 is 1.19. The Labute approximate surface area is 129 Å². The van der Waals surface area contributed by atoms with Crippen LogP contribution in [-0.4, -0.2) is 24.0 Å². The maximum Gasteiger partial charge on any atom is 0.0337 e. The van der Waals surface area contributed by atoms with E-state index in [9.17, 15) is 0 Å². The minimum absolute atomic E-state index is 0.188.